The number of nitrogen functional groups attached to an aromatic ring is 1. The zero-order valence-corrected chi connectivity index (χ0v) is 10.2. The molecule has 1 saturated heterocycles. The Kier molecular flexibility index (Phi) is 3.10. The topological polar surface area (TPSA) is 29.3 Å². The molecule has 3 heteroatoms. The minimum absolute atomic E-state index is 0.591. The summed E-state index contributed by atoms with van der Waals surface area (Å²) in [6.45, 7) is 5.46. The molecule has 2 N–H and O–H groups in total. The van der Waals surface area contributed by atoms with Crippen LogP contribution in [0.25, 0.3) is 0 Å². The number of hydrogen-bond donors (Lipinski definition) is 1. The van der Waals surface area contributed by atoms with Crippen molar-refractivity contribution in [2.45, 2.75) is 19.9 Å². The van der Waals surface area contributed by atoms with Crippen molar-refractivity contribution in [1.29, 1.82) is 0 Å². The van der Waals surface area contributed by atoms with Crippen molar-refractivity contribution in [2.75, 3.05) is 28.7 Å². The van der Waals surface area contributed by atoms with Crippen LogP contribution in [0.1, 0.15) is 12.5 Å². The van der Waals surface area contributed by atoms with Gasteiger partial charge in [0.2, 0.25) is 0 Å². The number of nitrogens with two attached hydrogens (primary N) is 1. The first-order valence-corrected chi connectivity index (χ1v) is 6.54. The van der Waals surface area contributed by atoms with Crippen molar-refractivity contribution in [3.63, 3.8) is 0 Å². The first kappa shape index (κ1) is 10.7. The van der Waals surface area contributed by atoms with Crippen LogP contribution in [0, 0.1) is 6.92 Å². The summed E-state index contributed by atoms with van der Waals surface area (Å²) in [5.74, 6) is 2.41. The number of anilines is 2. The maximum Gasteiger partial charge on any atom is 0.0603 e. The fraction of sp³-hybridized carbons (Fsp3) is 0.500. The van der Waals surface area contributed by atoms with Crippen LogP contribution in [-0.2, 0) is 0 Å². The van der Waals surface area contributed by atoms with E-state index in [1.807, 2.05) is 11.8 Å². The lowest BCUT2D eigenvalue weighted by Gasteiger charge is -2.35. The second-order valence-electron chi connectivity index (χ2n) is 4.18. The number of hydrogen-bond acceptors (Lipinski definition) is 3. The molecule has 0 radical (unpaired) electrons. The van der Waals surface area contributed by atoms with Gasteiger partial charge in [0.1, 0.15) is 0 Å². The standard InChI is InChI=1S/C12H18N2S/c1-9-3-4-12(11(13)7-9)14-5-6-15-8-10(14)2/h3-4,7,10H,5-6,8,13H2,1-2H3. The van der Waals surface area contributed by atoms with E-state index in [-0.39, 0.29) is 0 Å². The monoisotopic (exact) mass is 222 g/mol. The highest BCUT2D eigenvalue weighted by Crippen LogP contribution is 2.29. The predicted octanol–water partition coefficient (Wildman–Crippen LogP) is 2.52. The molecule has 0 bridgehead atoms. The molecule has 0 aliphatic carbocycles. The molecule has 1 heterocycles. The SMILES string of the molecule is Cc1ccc(N2CCSCC2C)c(N)c1. The van der Waals surface area contributed by atoms with Crippen LogP contribution in [0.4, 0.5) is 11.4 Å². The van der Waals surface area contributed by atoms with Gasteiger partial charge in [-0.25, -0.2) is 0 Å². The van der Waals surface area contributed by atoms with Crippen molar-refractivity contribution in [2.24, 2.45) is 0 Å². The number of rotatable bonds is 1. The van der Waals surface area contributed by atoms with Crippen LogP contribution in [0.3, 0.4) is 0 Å². The van der Waals surface area contributed by atoms with E-state index in [4.69, 9.17) is 5.73 Å². The lowest BCUT2D eigenvalue weighted by molar-refractivity contribution is 0.701. The Morgan fingerprint density at radius 1 is 1.47 bits per heavy atom. The smallest absolute Gasteiger partial charge is 0.0603 e. The zero-order valence-electron chi connectivity index (χ0n) is 9.36. The summed E-state index contributed by atoms with van der Waals surface area (Å²) in [6, 6.07) is 6.94. The third-order valence-electron chi connectivity index (χ3n) is 2.86. The Balaban J connectivity index is 2.27. The lowest BCUT2D eigenvalue weighted by atomic mass is 10.1. The fourth-order valence-electron chi connectivity index (χ4n) is 2.02. The van der Waals surface area contributed by atoms with Crippen molar-refractivity contribution >= 4 is 23.1 Å². The average Bonchev–Trinajstić information content (AvgIpc) is 2.20. The van der Waals surface area contributed by atoms with E-state index in [1.54, 1.807) is 0 Å². The van der Waals surface area contributed by atoms with Crippen LogP contribution in [0.15, 0.2) is 18.2 Å². The Bertz CT molecular complexity index is 351. The molecule has 15 heavy (non-hydrogen) atoms. The van der Waals surface area contributed by atoms with Crippen molar-refractivity contribution < 1.29 is 0 Å². The van der Waals surface area contributed by atoms with Gasteiger partial charge < -0.3 is 10.6 Å². The second kappa shape index (κ2) is 4.35. The van der Waals surface area contributed by atoms with Crippen LogP contribution >= 0.6 is 11.8 Å². The van der Waals surface area contributed by atoms with Gasteiger partial charge in [0.15, 0.2) is 0 Å². The van der Waals surface area contributed by atoms with E-state index in [0.717, 1.165) is 12.2 Å². The molecule has 1 aliphatic heterocycles. The molecule has 0 amide bonds. The molecule has 0 aromatic heterocycles. The van der Waals surface area contributed by atoms with Gasteiger partial charge in [0, 0.05) is 24.1 Å². The Morgan fingerprint density at radius 3 is 2.93 bits per heavy atom. The number of aryl methyl sites for hydroxylation is 1. The van der Waals surface area contributed by atoms with E-state index in [1.165, 1.54) is 22.8 Å². The summed E-state index contributed by atoms with van der Waals surface area (Å²) >= 11 is 2.03. The fourth-order valence-corrected chi connectivity index (χ4v) is 3.03. The van der Waals surface area contributed by atoms with E-state index >= 15 is 0 Å². The molecule has 1 atom stereocenters. The van der Waals surface area contributed by atoms with Crippen LogP contribution < -0.4 is 10.6 Å². The minimum atomic E-state index is 0.591. The summed E-state index contributed by atoms with van der Waals surface area (Å²) in [4.78, 5) is 2.42. The second-order valence-corrected chi connectivity index (χ2v) is 5.33. The highest BCUT2D eigenvalue weighted by Gasteiger charge is 2.20. The quantitative estimate of drug-likeness (QED) is 0.740. The molecule has 1 fully saturated rings. The number of nitrogens with zero attached hydrogens (tertiary/aromatic N) is 1. The summed E-state index contributed by atoms with van der Waals surface area (Å²) in [6.07, 6.45) is 0. The predicted molar refractivity (Wildman–Crippen MR) is 69.7 cm³/mol. The first-order chi connectivity index (χ1) is 7.18. The van der Waals surface area contributed by atoms with Gasteiger partial charge in [0.05, 0.1) is 11.4 Å². The molecule has 1 unspecified atom stereocenters. The summed E-state index contributed by atoms with van der Waals surface area (Å²) in [5.41, 5.74) is 9.41. The zero-order chi connectivity index (χ0) is 10.8. The lowest BCUT2D eigenvalue weighted by Crippen LogP contribution is -2.40. The Labute approximate surface area is 95.8 Å². The van der Waals surface area contributed by atoms with Crippen LogP contribution in [-0.4, -0.2) is 24.1 Å². The number of benzene rings is 1. The van der Waals surface area contributed by atoms with Gasteiger partial charge in [0.25, 0.3) is 0 Å². The van der Waals surface area contributed by atoms with Gasteiger partial charge >= 0.3 is 0 Å². The van der Waals surface area contributed by atoms with E-state index in [2.05, 4.69) is 36.9 Å². The van der Waals surface area contributed by atoms with Gasteiger partial charge in [-0.15, -0.1) is 0 Å². The summed E-state index contributed by atoms with van der Waals surface area (Å²) in [5, 5.41) is 0. The van der Waals surface area contributed by atoms with Gasteiger partial charge in [-0.1, -0.05) is 6.07 Å². The van der Waals surface area contributed by atoms with Gasteiger partial charge in [-0.3, -0.25) is 0 Å². The van der Waals surface area contributed by atoms with Crippen LogP contribution in [0.2, 0.25) is 0 Å². The maximum atomic E-state index is 6.07. The molecule has 1 aromatic rings. The molecule has 1 aliphatic rings. The Morgan fingerprint density at radius 2 is 2.27 bits per heavy atom. The molecule has 2 rings (SSSR count). The molecule has 82 valence electrons. The molecular weight excluding hydrogens is 204 g/mol. The highest BCUT2D eigenvalue weighted by molar-refractivity contribution is 7.99. The van der Waals surface area contributed by atoms with E-state index < -0.39 is 0 Å². The largest absolute Gasteiger partial charge is 0.397 e. The third kappa shape index (κ3) is 2.23. The molecular formula is C12H18N2S. The Hall–Kier alpha value is -0.830. The van der Waals surface area contributed by atoms with E-state index in [9.17, 15) is 0 Å². The summed E-state index contributed by atoms with van der Waals surface area (Å²) < 4.78 is 0. The van der Waals surface area contributed by atoms with Crippen molar-refractivity contribution in [1.82, 2.24) is 0 Å². The van der Waals surface area contributed by atoms with E-state index in [0.29, 0.717) is 6.04 Å². The van der Waals surface area contributed by atoms with Gasteiger partial charge in [-0.2, -0.15) is 11.8 Å². The molecule has 0 spiro atoms. The van der Waals surface area contributed by atoms with Crippen LogP contribution in [0.5, 0.6) is 0 Å². The van der Waals surface area contributed by atoms with Crippen molar-refractivity contribution in [3.05, 3.63) is 23.8 Å². The average molecular weight is 222 g/mol. The minimum Gasteiger partial charge on any atom is -0.397 e. The first-order valence-electron chi connectivity index (χ1n) is 5.39. The molecule has 1 aromatic carbocycles. The highest BCUT2D eigenvalue weighted by atomic mass is 32.2. The normalized spacial score (nSPS) is 21.7. The maximum absolute atomic E-state index is 6.07. The summed E-state index contributed by atoms with van der Waals surface area (Å²) in [7, 11) is 0. The van der Waals surface area contributed by atoms with Gasteiger partial charge in [-0.05, 0) is 31.5 Å². The molecule has 2 nitrogen and oxygen atoms in total. The van der Waals surface area contributed by atoms with Crippen molar-refractivity contribution in [3.8, 4) is 0 Å². The number of thioether (sulfide) groups is 1. The third-order valence-corrected chi connectivity index (χ3v) is 4.05. The molecule has 0 saturated carbocycles.